The molecule has 1 amide bonds. The van der Waals surface area contributed by atoms with Gasteiger partial charge in [0.2, 0.25) is 5.91 Å². The molecule has 0 aliphatic heterocycles. The van der Waals surface area contributed by atoms with Crippen LogP contribution in [0.1, 0.15) is 39.2 Å². The van der Waals surface area contributed by atoms with Crippen LogP contribution in [0.5, 0.6) is 11.5 Å². The second kappa shape index (κ2) is 7.91. The molecular weight excluding hydrogens is 266 g/mol. The van der Waals surface area contributed by atoms with Gasteiger partial charge in [-0.05, 0) is 37.5 Å². The summed E-state index contributed by atoms with van der Waals surface area (Å²) in [5, 5.41) is 0. The number of likely N-dealkylation sites (N-methyl/N-ethyl adjacent to an activating group) is 1. The average Bonchev–Trinajstić information content (AvgIpc) is 2.48. The topological polar surface area (TPSA) is 38.8 Å². The first kappa shape index (κ1) is 17.3. The zero-order valence-electron chi connectivity index (χ0n) is 14.0. The Bertz CT molecular complexity index is 467. The minimum atomic E-state index is -0.162. The number of carbonyl (C=O) groups is 1. The second-order valence-electron chi connectivity index (χ2n) is 5.35. The molecule has 0 fully saturated rings. The SMILES string of the molecule is CCN(CC)C(=O)C(c1ccc(OC)c(OC)c1)C(C)C. The number of hydrogen-bond donors (Lipinski definition) is 0. The van der Waals surface area contributed by atoms with Crippen LogP contribution in [-0.4, -0.2) is 38.1 Å². The van der Waals surface area contributed by atoms with E-state index in [1.807, 2.05) is 36.9 Å². The number of ether oxygens (including phenoxy) is 2. The number of rotatable bonds is 7. The second-order valence-corrected chi connectivity index (χ2v) is 5.35. The molecule has 0 aliphatic rings. The van der Waals surface area contributed by atoms with E-state index in [0.717, 1.165) is 18.7 Å². The van der Waals surface area contributed by atoms with Crippen LogP contribution in [0.4, 0.5) is 0 Å². The lowest BCUT2D eigenvalue weighted by Crippen LogP contribution is -2.36. The summed E-state index contributed by atoms with van der Waals surface area (Å²) < 4.78 is 10.6. The van der Waals surface area contributed by atoms with E-state index < -0.39 is 0 Å². The number of hydrogen-bond acceptors (Lipinski definition) is 3. The number of nitrogens with zero attached hydrogens (tertiary/aromatic N) is 1. The molecule has 1 aromatic rings. The van der Waals surface area contributed by atoms with E-state index in [2.05, 4.69) is 13.8 Å². The monoisotopic (exact) mass is 293 g/mol. The summed E-state index contributed by atoms with van der Waals surface area (Å²) in [5.74, 6) is 1.56. The van der Waals surface area contributed by atoms with Crippen LogP contribution in [0, 0.1) is 5.92 Å². The average molecular weight is 293 g/mol. The molecule has 0 saturated heterocycles. The van der Waals surface area contributed by atoms with E-state index >= 15 is 0 Å². The van der Waals surface area contributed by atoms with Gasteiger partial charge in [-0.25, -0.2) is 0 Å². The fraction of sp³-hybridized carbons (Fsp3) is 0.588. The number of carbonyl (C=O) groups excluding carboxylic acids is 1. The third-order valence-corrected chi connectivity index (χ3v) is 3.77. The van der Waals surface area contributed by atoms with Gasteiger partial charge in [0.1, 0.15) is 0 Å². The van der Waals surface area contributed by atoms with E-state index in [-0.39, 0.29) is 17.7 Å². The van der Waals surface area contributed by atoms with Crippen molar-refractivity contribution in [3.05, 3.63) is 23.8 Å². The zero-order valence-corrected chi connectivity index (χ0v) is 14.0. The highest BCUT2D eigenvalue weighted by Crippen LogP contribution is 2.34. The van der Waals surface area contributed by atoms with Crippen molar-refractivity contribution >= 4 is 5.91 Å². The van der Waals surface area contributed by atoms with E-state index in [1.165, 1.54) is 0 Å². The Morgan fingerprint density at radius 1 is 1.10 bits per heavy atom. The zero-order chi connectivity index (χ0) is 16.0. The summed E-state index contributed by atoms with van der Waals surface area (Å²) in [6.45, 7) is 9.62. The van der Waals surface area contributed by atoms with Crippen LogP contribution in [0.25, 0.3) is 0 Å². The molecular formula is C17H27NO3. The minimum absolute atomic E-state index is 0.162. The first-order chi connectivity index (χ1) is 9.99. The summed E-state index contributed by atoms with van der Waals surface area (Å²) in [4.78, 5) is 14.6. The van der Waals surface area contributed by atoms with Crippen LogP contribution >= 0.6 is 0 Å². The van der Waals surface area contributed by atoms with Crippen molar-refractivity contribution in [2.24, 2.45) is 5.92 Å². The van der Waals surface area contributed by atoms with Gasteiger partial charge in [-0.1, -0.05) is 19.9 Å². The van der Waals surface area contributed by atoms with Crippen LogP contribution < -0.4 is 9.47 Å². The predicted molar refractivity (Wildman–Crippen MR) is 85.1 cm³/mol. The van der Waals surface area contributed by atoms with Gasteiger partial charge in [0.25, 0.3) is 0 Å². The summed E-state index contributed by atoms with van der Waals surface area (Å²) in [6, 6.07) is 5.72. The van der Waals surface area contributed by atoms with Crippen molar-refractivity contribution in [1.82, 2.24) is 4.90 Å². The van der Waals surface area contributed by atoms with Gasteiger partial charge < -0.3 is 14.4 Å². The summed E-state index contributed by atoms with van der Waals surface area (Å²) in [7, 11) is 3.22. The molecule has 1 rings (SSSR count). The van der Waals surface area contributed by atoms with Crippen molar-refractivity contribution in [2.75, 3.05) is 27.3 Å². The van der Waals surface area contributed by atoms with Crippen LogP contribution in [0.2, 0.25) is 0 Å². The fourth-order valence-corrected chi connectivity index (χ4v) is 2.59. The summed E-state index contributed by atoms with van der Waals surface area (Å²) in [5.41, 5.74) is 0.972. The number of benzene rings is 1. The highest BCUT2D eigenvalue weighted by atomic mass is 16.5. The van der Waals surface area contributed by atoms with Crippen LogP contribution in [-0.2, 0) is 4.79 Å². The maximum Gasteiger partial charge on any atom is 0.230 e. The van der Waals surface area contributed by atoms with Crippen molar-refractivity contribution < 1.29 is 14.3 Å². The van der Waals surface area contributed by atoms with Gasteiger partial charge in [-0.3, -0.25) is 4.79 Å². The molecule has 4 heteroatoms. The van der Waals surface area contributed by atoms with Gasteiger partial charge >= 0.3 is 0 Å². The van der Waals surface area contributed by atoms with Gasteiger partial charge in [-0.15, -0.1) is 0 Å². The smallest absolute Gasteiger partial charge is 0.230 e. The van der Waals surface area contributed by atoms with Crippen LogP contribution in [0.15, 0.2) is 18.2 Å². The Morgan fingerprint density at radius 2 is 1.67 bits per heavy atom. The molecule has 1 atom stereocenters. The number of amides is 1. The van der Waals surface area contributed by atoms with Crippen molar-refractivity contribution in [1.29, 1.82) is 0 Å². The molecule has 0 aliphatic carbocycles. The molecule has 0 bridgehead atoms. The Kier molecular flexibility index (Phi) is 6.53. The Labute approximate surface area is 128 Å². The van der Waals surface area contributed by atoms with E-state index in [4.69, 9.17) is 9.47 Å². The highest BCUT2D eigenvalue weighted by Gasteiger charge is 2.28. The normalized spacial score (nSPS) is 12.1. The molecule has 21 heavy (non-hydrogen) atoms. The Hall–Kier alpha value is -1.71. The van der Waals surface area contributed by atoms with Crippen LogP contribution in [0.3, 0.4) is 0 Å². The van der Waals surface area contributed by atoms with E-state index in [1.54, 1.807) is 14.2 Å². The quantitative estimate of drug-likeness (QED) is 0.774. The lowest BCUT2D eigenvalue weighted by Gasteiger charge is -2.28. The first-order valence-electron chi connectivity index (χ1n) is 7.50. The minimum Gasteiger partial charge on any atom is -0.493 e. The Morgan fingerprint density at radius 3 is 2.10 bits per heavy atom. The largest absolute Gasteiger partial charge is 0.493 e. The van der Waals surface area contributed by atoms with Gasteiger partial charge in [0.15, 0.2) is 11.5 Å². The molecule has 0 heterocycles. The van der Waals surface area contributed by atoms with E-state index in [0.29, 0.717) is 11.5 Å². The fourth-order valence-electron chi connectivity index (χ4n) is 2.59. The molecule has 0 saturated carbocycles. The number of methoxy groups -OCH3 is 2. The molecule has 1 unspecified atom stereocenters. The third-order valence-electron chi connectivity index (χ3n) is 3.77. The van der Waals surface area contributed by atoms with Gasteiger partial charge in [0, 0.05) is 13.1 Å². The highest BCUT2D eigenvalue weighted by molar-refractivity contribution is 5.84. The lowest BCUT2D eigenvalue weighted by atomic mass is 9.87. The van der Waals surface area contributed by atoms with Crippen molar-refractivity contribution in [3.63, 3.8) is 0 Å². The lowest BCUT2D eigenvalue weighted by molar-refractivity contribution is -0.133. The van der Waals surface area contributed by atoms with Crippen molar-refractivity contribution in [2.45, 2.75) is 33.6 Å². The summed E-state index contributed by atoms with van der Waals surface area (Å²) in [6.07, 6.45) is 0. The Balaban J connectivity index is 3.20. The van der Waals surface area contributed by atoms with Crippen molar-refractivity contribution in [3.8, 4) is 11.5 Å². The molecule has 0 spiro atoms. The molecule has 0 radical (unpaired) electrons. The molecule has 0 N–H and O–H groups in total. The molecule has 4 nitrogen and oxygen atoms in total. The van der Waals surface area contributed by atoms with E-state index in [9.17, 15) is 4.79 Å². The van der Waals surface area contributed by atoms with Gasteiger partial charge in [-0.2, -0.15) is 0 Å². The molecule has 118 valence electrons. The maximum absolute atomic E-state index is 12.8. The third kappa shape index (κ3) is 3.90. The molecule has 0 aromatic heterocycles. The first-order valence-corrected chi connectivity index (χ1v) is 7.50. The maximum atomic E-state index is 12.8. The predicted octanol–water partition coefficient (Wildman–Crippen LogP) is 3.31. The van der Waals surface area contributed by atoms with Gasteiger partial charge in [0.05, 0.1) is 20.1 Å². The standard InChI is InChI=1S/C17H27NO3/c1-7-18(8-2)17(19)16(12(3)4)13-9-10-14(20-5)15(11-13)21-6/h9-12,16H,7-8H2,1-6H3. The molecule has 1 aromatic carbocycles. The summed E-state index contributed by atoms with van der Waals surface area (Å²) >= 11 is 0.